The van der Waals surface area contributed by atoms with Gasteiger partial charge in [0.05, 0.1) is 22.3 Å². The maximum atomic E-state index is 12.8. The van der Waals surface area contributed by atoms with E-state index in [1.807, 2.05) is 40.2 Å². The molecule has 0 fully saturated rings. The molecule has 0 unspecified atom stereocenters. The van der Waals surface area contributed by atoms with Gasteiger partial charge in [-0.1, -0.05) is 35.9 Å². The number of hydrogen-bond acceptors (Lipinski definition) is 5. The number of carbonyl (C=O) groups is 1. The van der Waals surface area contributed by atoms with E-state index in [0.29, 0.717) is 0 Å². The summed E-state index contributed by atoms with van der Waals surface area (Å²) < 4.78 is 3.20. The van der Waals surface area contributed by atoms with Gasteiger partial charge in [0.2, 0.25) is 5.91 Å². The number of nitrogens with zero attached hydrogens (tertiary/aromatic N) is 3. The third kappa shape index (κ3) is 4.36. The Hall–Kier alpha value is -3.81. The molecule has 1 N–H and O–H groups in total. The molecule has 7 heteroatoms. The van der Waals surface area contributed by atoms with Crippen LogP contribution >= 0.6 is 22.7 Å². The van der Waals surface area contributed by atoms with Gasteiger partial charge in [0, 0.05) is 34.1 Å². The number of aryl methyl sites for hydroxylation is 2. The van der Waals surface area contributed by atoms with Crippen LogP contribution in [0.1, 0.15) is 16.8 Å². The molecule has 1 amide bonds. The molecule has 6 aromatic rings. The number of carbonyl (C=O) groups excluding carboxylic acids is 1. The van der Waals surface area contributed by atoms with Gasteiger partial charge in [0.1, 0.15) is 5.01 Å². The summed E-state index contributed by atoms with van der Waals surface area (Å²) in [5, 5.41) is 6.00. The average molecular weight is 495 g/mol. The van der Waals surface area contributed by atoms with Crippen molar-refractivity contribution in [1.29, 1.82) is 0 Å². The number of amides is 1. The summed E-state index contributed by atoms with van der Waals surface area (Å²) in [7, 11) is 0. The van der Waals surface area contributed by atoms with E-state index >= 15 is 0 Å². The summed E-state index contributed by atoms with van der Waals surface area (Å²) in [5.74, 6) is -0.0569. The predicted octanol–water partition coefficient (Wildman–Crippen LogP) is 7.14. The molecule has 0 aliphatic carbocycles. The number of nitrogens with one attached hydrogen (secondary N) is 1. The Morgan fingerprint density at radius 1 is 0.914 bits per heavy atom. The van der Waals surface area contributed by atoms with Gasteiger partial charge in [-0.2, -0.15) is 0 Å². The summed E-state index contributed by atoms with van der Waals surface area (Å²) in [4.78, 5) is 23.2. The van der Waals surface area contributed by atoms with E-state index in [2.05, 4.69) is 61.6 Å². The molecule has 0 saturated heterocycles. The zero-order valence-corrected chi connectivity index (χ0v) is 20.9. The van der Waals surface area contributed by atoms with Crippen molar-refractivity contribution < 1.29 is 4.79 Å². The summed E-state index contributed by atoms with van der Waals surface area (Å²) >= 11 is 3.23. The van der Waals surface area contributed by atoms with Gasteiger partial charge in [-0.3, -0.25) is 9.20 Å². The third-order valence-electron chi connectivity index (χ3n) is 5.93. The molecule has 0 aliphatic heterocycles. The van der Waals surface area contributed by atoms with Crippen molar-refractivity contribution in [3.05, 3.63) is 95.1 Å². The molecule has 35 heavy (non-hydrogen) atoms. The standard InChI is InChI=1S/C28H22N4OS2/c1-17-3-6-19(7-4-17)24-15-32-22(16-34-28(32)31-24)14-26(33)29-21-10-8-20(9-11-21)27-30-23-12-5-18(2)13-25(23)35-27/h3-13,15-16H,14H2,1-2H3,(H,29,33). The fourth-order valence-corrected chi connectivity index (χ4v) is 5.98. The highest BCUT2D eigenvalue weighted by molar-refractivity contribution is 7.21. The molecule has 0 atom stereocenters. The van der Waals surface area contributed by atoms with Crippen LogP contribution in [0, 0.1) is 13.8 Å². The molecular formula is C28H22N4OS2. The number of benzene rings is 3. The summed E-state index contributed by atoms with van der Waals surface area (Å²) in [5.41, 5.74) is 8.20. The molecule has 3 aromatic carbocycles. The van der Waals surface area contributed by atoms with Gasteiger partial charge >= 0.3 is 0 Å². The predicted molar refractivity (Wildman–Crippen MR) is 145 cm³/mol. The minimum Gasteiger partial charge on any atom is -0.326 e. The van der Waals surface area contributed by atoms with E-state index in [9.17, 15) is 4.79 Å². The summed E-state index contributed by atoms with van der Waals surface area (Å²) in [6.07, 6.45) is 2.29. The number of imidazole rings is 1. The van der Waals surface area contributed by atoms with E-state index in [0.717, 1.165) is 43.7 Å². The Bertz CT molecular complexity index is 1670. The van der Waals surface area contributed by atoms with Crippen LogP contribution in [0.15, 0.2) is 78.3 Å². The molecule has 0 aliphatic rings. The van der Waals surface area contributed by atoms with Crippen molar-refractivity contribution in [2.75, 3.05) is 5.32 Å². The largest absolute Gasteiger partial charge is 0.326 e. The summed E-state index contributed by atoms with van der Waals surface area (Å²) in [6.45, 7) is 4.16. The van der Waals surface area contributed by atoms with E-state index < -0.39 is 0 Å². The highest BCUT2D eigenvalue weighted by atomic mass is 32.1. The van der Waals surface area contributed by atoms with Crippen LogP contribution in [-0.2, 0) is 11.2 Å². The molecule has 0 radical (unpaired) electrons. The lowest BCUT2D eigenvalue weighted by atomic mass is 10.1. The maximum absolute atomic E-state index is 12.8. The molecule has 172 valence electrons. The van der Waals surface area contributed by atoms with Crippen molar-refractivity contribution in [2.45, 2.75) is 20.3 Å². The number of rotatable bonds is 5. The lowest BCUT2D eigenvalue weighted by Gasteiger charge is -2.06. The molecular weight excluding hydrogens is 472 g/mol. The molecule has 5 nitrogen and oxygen atoms in total. The van der Waals surface area contributed by atoms with Crippen molar-refractivity contribution in [1.82, 2.24) is 14.4 Å². The Balaban J connectivity index is 1.16. The topological polar surface area (TPSA) is 59.3 Å². The van der Waals surface area contributed by atoms with E-state index in [1.54, 1.807) is 22.7 Å². The lowest BCUT2D eigenvalue weighted by molar-refractivity contribution is -0.115. The SMILES string of the molecule is Cc1ccc(-c2cn3c(CC(=O)Nc4ccc(-c5nc6ccc(C)cc6s5)cc4)csc3n2)cc1. The Morgan fingerprint density at radius 2 is 1.66 bits per heavy atom. The number of anilines is 1. The van der Waals surface area contributed by atoms with Crippen LogP contribution in [0.25, 0.3) is 37.0 Å². The Kier molecular flexibility index (Phi) is 5.43. The Labute approximate surface area is 210 Å². The van der Waals surface area contributed by atoms with Gasteiger partial charge in [0.25, 0.3) is 0 Å². The first kappa shape index (κ1) is 21.7. The second-order valence-corrected chi connectivity index (χ2v) is 10.5. The van der Waals surface area contributed by atoms with E-state index in [1.165, 1.54) is 15.8 Å². The quantitative estimate of drug-likeness (QED) is 0.277. The first-order chi connectivity index (χ1) is 17.0. The fourth-order valence-electron chi connectivity index (χ4n) is 4.04. The third-order valence-corrected chi connectivity index (χ3v) is 7.89. The summed E-state index contributed by atoms with van der Waals surface area (Å²) in [6, 6.07) is 22.5. The second-order valence-electron chi connectivity index (χ2n) is 8.66. The van der Waals surface area contributed by atoms with Gasteiger partial charge in [0.15, 0.2) is 4.96 Å². The van der Waals surface area contributed by atoms with Gasteiger partial charge in [-0.05, 0) is 55.8 Å². The van der Waals surface area contributed by atoms with Gasteiger partial charge < -0.3 is 5.32 Å². The van der Waals surface area contributed by atoms with E-state index in [-0.39, 0.29) is 12.3 Å². The second kappa shape index (κ2) is 8.76. The van der Waals surface area contributed by atoms with Gasteiger partial charge in [-0.25, -0.2) is 9.97 Å². The fraction of sp³-hybridized carbons (Fsp3) is 0.107. The zero-order chi connectivity index (χ0) is 23.9. The molecule has 6 rings (SSSR count). The first-order valence-corrected chi connectivity index (χ1v) is 13.0. The first-order valence-electron chi connectivity index (χ1n) is 11.3. The Morgan fingerprint density at radius 3 is 2.46 bits per heavy atom. The number of thiazole rings is 2. The van der Waals surface area contributed by atoms with Gasteiger partial charge in [-0.15, -0.1) is 22.7 Å². The zero-order valence-electron chi connectivity index (χ0n) is 19.3. The van der Waals surface area contributed by atoms with Crippen molar-refractivity contribution in [2.24, 2.45) is 0 Å². The van der Waals surface area contributed by atoms with Crippen LogP contribution in [0.4, 0.5) is 5.69 Å². The number of hydrogen-bond donors (Lipinski definition) is 1. The maximum Gasteiger partial charge on any atom is 0.230 e. The van der Waals surface area contributed by atoms with Crippen LogP contribution in [-0.4, -0.2) is 20.3 Å². The molecule has 0 saturated carbocycles. The van der Waals surface area contributed by atoms with Crippen molar-refractivity contribution in [3.8, 4) is 21.8 Å². The lowest BCUT2D eigenvalue weighted by Crippen LogP contribution is -2.15. The smallest absolute Gasteiger partial charge is 0.230 e. The molecule has 0 bridgehead atoms. The molecule has 3 aromatic heterocycles. The van der Waals surface area contributed by atoms with Crippen LogP contribution in [0.5, 0.6) is 0 Å². The monoisotopic (exact) mass is 494 g/mol. The van der Waals surface area contributed by atoms with Crippen molar-refractivity contribution >= 4 is 49.4 Å². The van der Waals surface area contributed by atoms with Crippen LogP contribution in [0.3, 0.4) is 0 Å². The highest BCUT2D eigenvalue weighted by Gasteiger charge is 2.13. The minimum atomic E-state index is -0.0569. The van der Waals surface area contributed by atoms with E-state index in [4.69, 9.17) is 9.97 Å². The highest BCUT2D eigenvalue weighted by Crippen LogP contribution is 2.31. The van der Waals surface area contributed by atoms with Crippen molar-refractivity contribution in [3.63, 3.8) is 0 Å². The minimum absolute atomic E-state index is 0.0569. The average Bonchev–Trinajstić information content (AvgIpc) is 3.55. The molecule has 0 spiro atoms. The number of aromatic nitrogens is 3. The molecule has 3 heterocycles. The normalized spacial score (nSPS) is 11.4. The van der Waals surface area contributed by atoms with Crippen LogP contribution in [0.2, 0.25) is 0 Å². The number of fused-ring (bicyclic) bond motifs is 2. The van der Waals surface area contributed by atoms with Crippen LogP contribution < -0.4 is 5.32 Å².